The average Bonchev–Trinajstić information content (AvgIpc) is 3.05. The van der Waals surface area contributed by atoms with E-state index in [-0.39, 0.29) is 29.7 Å². The lowest BCUT2D eigenvalue weighted by Gasteiger charge is -2.34. The highest BCUT2D eigenvalue weighted by molar-refractivity contribution is 7.92. The van der Waals surface area contributed by atoms with Crippen LogP contribution in [0.5, 0.6) is 5.75 Å². The van der Waals surface area contributed by atoms with Gasteiger partial charge in [0.1, 0.15) is 18.3 Å². The number of amides is 2. The van der Waals surface area contributed by atoms with Gasteiger partial charge in [-0.25, -0.2) is 8.42 Å². The molecule has 248 valence electrons. The number of carbonyl (C=O) groups excluding carboxylic acids is 2. The highest BCUT2D eigenvalue weighted by Crippen LogP contribution is 2.27. The minimum Gasteiger partial charge on any atom is -0.494 e. The molecule has 1 N–H and O–H groups in total. The smallest absolute Gasteiger partial charge is 0.264 e. The maximum Gasteiger partial charge on any atom is 0.264 e. The second-order valence-electron chi connectivity index (χ2n) is 12.1. The number of anilines is 1. The van der Waals surface area contributed by atoms with Gasteiger partial charge in [-0.15, -0.1) is 0 Å². The van der Waals surface area contributed by atoms with Crippen molar-refractivity contribution in [2.75, 3.05) is 24.0 Å². The summed E-state index contributed by atoms with van der Waals surface area (Å²) in [5.74, 6) is -0.0117. The fraction of sp³-hybridized carbons (Fsp3) is 0.316. The van der Waals surface area contributed by atoms with Crippen molar-refractivity contribution in [3.8, 4) is 5.75 Å². The van der Waals surface area contributed by atoms with Gasteiger partial charge < -0.3 is 15.0 Å². The minimum atomic E-state index is -4.19. The topological polar surface area (TPSA) is 96.0 Å². The molecule has 0 heterocycles. The van der Waals surface area contributed by atoms with Crippen molar-refractivity contribution in [2.24, 2.45) is 5.92 Å². The molecule has 0 bridgehead atoms. The fourth-order valence-corrected chi connectivity index (χ4v) is 6.64. The Balaban J connectivity index is 1.80. The molecule has 4 aromatic rings. The van der Waals surface area contributed by atoms with Crippen molar-refractivity contribution < 1.29 is 22.7 Å². The van der Waals surface area contributed by atoms with E-state index in [0.717, 1.165) is 26.6 Å². The average molecular weight is 656 g/mol. The second kappa shape index (κ2) is 16.3. The van der Waals surface area contributed by atoms with E-state index in [1.807, 2.05) is 89.2 Å². The first-order valence-corrected chi connectivity index (χ1v) is 17.4. The zero-order valence-corrected chi connectivity index (χ0v) is 28.7. The number of hydrogen-bond donors (Lipinski definition) is 1. The molecule has 0 aromatic heterocycles. The molecule has 47 heavy (non-hydrogen) atoms. The number of nitrogens with one attached hydrogen (secondary N) is 1. The normalized spacial score (nSPS) is 12.0. The van der Waals surface area contributed by atoms with Gasteiger partial charge in [-0.2, -0.15) is 0 Å². The molecule has 0 aliphatic rings. The van der Waals surface area contributed by atoms with Crippen molar-refractivity contribution in [2.45, 2.75) is 58.5 Å². The standard InChI is InChI=1S/C38H45N3O5S/c1-6-46-34-19-17-33(18-20-34)41(47(44,45)35-21-15-29(4)16-22-35)27-37(42)40(26-32-14-10-11-30(5)23-32)36(38(43)39-25-28(2)3)24-31-12-8-7-9-13-31/h7-23,28,36H,6,24-27H2,1-5H3,(H,39,43). The molecule has 0 aliphatic heterocycles. The summed E-state index contributed by atoms with van der Waals surface area (Å²) in [6.07, 6.45) is 0.260. The summed E-state index contributed by atoms with van der Waals surface area (Å²) in [6, 6.07) is 29.6. The van der Waals surface area contributed by atoms with Gasteiger partial charge in [0.05, 0.1) is 17.2 Å². The first kappa shape index (κ1) is 35.2. The highest BCUT2D eigenvalue weighted by Gasteiger charge is 2.34. The number of aryl methyl sites for hydroxylation is 2. The van der Waals surface area contributed by atoms with Crippen LogP contribution in [-0.4, -0.2) is 50.9 Å². The van der Waals surface area contributed by atoms with Crippen molar-refractivity contribution in [1.82, 2.24) is 10.2 Å². The van der Waals surface area contributed by atoms with E-state index in [0.29, 0.717) is 24.6 Å². The van der Waals surface area contributed by atoms with Gasteiger partial charge in [-0.3, -0.25) is 13.9 Å². The lowest BCUT2D eigenvalue weighted by Crippen LogP contribution is -2.53. The lowest BCUT2D eigenvalue weighted by atomic mass is 10.0. The van der Waals surface area contributed by atoms with E-state index in [1.165, 1.54) is 4.90 Å². The van der Waals surface area contributed by atoms with Crippen LogP contribution < -0.4 is 14.4 Å². The summed E-state index contributed by atoms with van der Waals surface area (Å²) in [5, 5.41) is 3.02. The fourth-order valence-electron chi connectivity index (χ4n) is 5.23. The van der Waals surface area contributed by atoms with E-state index in [1.54, 1.807) is 48.5 Å². The summed E-state index contributed by atoms with van der Waals surface area (Å²) < 4.78 is 35.2. The van der Waals surface area contributed by atoms with Gasteiger partial charge in [0.15, 0.2) is 0 Å². The Morgan fingerprint density at radius 3 is 2.09 bits per heavy atom. The second-order valence-corrected chi connectivity index (χ2v) is 14.0. The van der Waals surface area contributed by atoms with Crippen molar-refractivity contribution in [3.05, 3.63) is 125 Å². The molecular weight excluding hydrogens is 611 g/mol. The Hall–Kier alpha value is -4.63. The van der Waals surface area contributed by atoms with E-state index in [4.69, 9.17) is 4.74 Å². The first-order valence-electron chi connectivity index (χ1n) is 16.0. The van der Waals surface area contributed by atoms with Gasteiger partial charge in [0, 0.05) is 19.5 Å². The summed E-state index contributed by atoms with van der Waals surface area (Å²) >= 11 is 0. The molecule has 0 spiro atoms. The van der Waals surface area contributed by atoms with Gasteiger partial charge in [0.25, 0.3) is 10.0 Å². The Bertz CT molecular complexity index is 1720. The number of carbonyl (C=O) groups is 2. The molecule has 0 radical (unpaired) electrons. The van der Waals surface area contributed by atoms with Crippen LogP contribution in [0.4, 0.5) is 5.69 Å². The zero-order valence-electron chi connectivity index (χ0n) is 27.8. The van der Waals surface area contributed by atoms with Crippen LogP contribution in [-0.2, 0) is 32.6 Å². The Morgan fingerprint density at radius 2 is 1.47 bits per heavy atom. The highest BCUT2D eigenvalue weighted by atomic mass is 32.2. The van der Waals surface area contributed by atoms with Crippen LogP contribution in [0.3, 0.4) is 0 Å². The van der Waals surface area contributed by atoms with Gasteiger partial charge >= 0.3 is 0 Å². The molecule has 4 aromatic carbocycles. The van der Waals surface area contributed by atoms with Crippen LogP contribution in [0.2, 0.25) is 0 Å². The van der Waals surface area contributed by atoms with Crippen LogP contribution >= 0.6 is 0 Å². The molecule has 2 amide bonds. The SMILES string of the molecule is CCOc1ccc(N(CC(=O)N(Cc2cccc(C)c2)C(Cc2ccccc2)C(=O)NCC(C)C)S(=O)(=O)c2ccc(C)cc2)cc1. The predicted molar refractivity (Wildman–Crippen MR) is 187 cm³/mol. The van der Waals surface area contributed by atoms with E-state index in [9.17, 15) is 18.0 Å². The van der Waals surface area contributed by atoms with Crippen molar-refractivity contribution in [1.29, 1.82) is 0 Å². The van der Waals surface area contributed by atoms with E-state index >= 15 is 0 Å². The molecule has 0 aliphatic carbocycles. The van der Waals surface area contributed by atoms with Crippen LogP contribution in [0.15, 0.2) is 108 Å². The van der Waals surface area contributed by atoms with Crippen LogP contribution in [0.25, 0.3) is 0 Å². The predicted octanol–water partition coefficient (Wildman–Crippen LogP) is 6.31. The number of nitrogens with zero attached hydrogens (tertiary/aromatic N) is 2. The van der Waals surface area contributed by atoms with Gasteiger partial charge in [-0.1, -0.05) is 91.7 Å². The molecule has 0 saturated carbocycles. The van der Waals surface area contributed by atoms with Crippen molar-refractivity contribution in [3.63, 3.8) is 0 Å². The molecule has 4 rings (SSSR count). The van der Waals surface area contributed by atoms with Crippen LogP contribution in [0, 0.1) is 19.8 Å². The van der Waals surface area contributed by atoms with Crippen molar-refractivity contribution >= 4 is 27.5 Å². The summed E-state index contributed by atoms with van der Waals surface area (Å²) in [5.41, 5.74) is 3.95. The zero-order chi connectivity index (χ0) is 34.0. The Labute approximate surface area is 279 Å². The monoisotopic (exact) mass is 655 g/mol. The summed E-state index contributed by atoms with van der Waals surface area (Å²) in [4.78, 5) is 30.1. The summed E-state index contributed by atoms with van der Waals surface area (Å²) in [6.45, 7) is 10.2. The third-order valence-corrected chi connectivity index (χ3v) is 9.50. The number of hydrogen-bond acceptors (Lipinski definition) is 5. The molecule has 8 nitrogen and oxygen atoms in total. The Kier molecular flexibility index (Phi) is 12.2. The van der Waals surface area contributed by atoms with E-state index in [2.05, 4.69) is 5.32 Å². The molecule has 9 heteroatoms. The van der Waals surface area contributed by atoms with Crippen LogP contribution in [0.1, 0.15) is 43.0 Å². The molecule has 1 atom stereocenters. The molecule has 0 fully saturated rings. The third-order valence-electron chi connectivity index (χ3n) is 7.71. The first-order chi connectivity index (χ1) is 22.5. The Morgan fingerprint density at radius 1 is 0.809 bits per heavy atom. The maximum absolute atomic E-state index is 14.6. The van der Waals surface area contributed by atoms with Gasteiger partial charge in [-0.05, 0) is 74.2 Å². The number of sulfonamides is 1. The van der Waals surface area contributed by atoms with E-state index < -0.39 is 28.5 Å². The van der Waals surface area contributed by atoms with Gasteiger partial charge in [0.2, 0.25) is 11.8 Å². The third kappa shape index (κ3) is 9.68. The number of benzene rings is 4. The quantitative estimate of drug-likeness (QED) is 0.162. The summed E-state index contributed by atoms with van der Waals surface area (Å²) in [7, 11) is -4.19. The molecule has 1 unspecified atom stereocenters. The minimum absolute atomic E-state index is 0.0607. The lowest BCUT2D eigenvalue weighted by molar-refractivity contribution is -0.140. The largest absolute Gasteiger partial charge is 0.494 e. The molecular formula is C38H45N3O5S. The number of ether oxygens (including phenoxy) is 1. The number of rotatable bonds is 15. The molecule has 0 saturated heterocycles. The maximum atomic E-state index is 14.6.